The number of thiophene rings is 1. The molecule has 0 amide bonds. The SMILES string of the molecule is C[C@@H](O)[C@H](N)c1nc(Cc2cccs2)no1. The van der Waals surface area contributed by atoms with E-state index < -0.39 is 12.1 Å². The first kappa shape index (κ1) is 11.3. The number of hydrogen-bond acceptors (Lipinski definition) is 6. The summed E-state index contributed by atoms with van der Waals surface area (Å²) in [5.74, 6) is 0.870. The van der Waals surface area contributed by atoms with E-state index in [-0.39, 0.29) is 5.89 Å². The van der Waals surface area contributed by atoms with Crippen molar-refractivity contribution < 1.29 is 9.63 Å². The van der Waals surface area contributed by atoms with Gasteiger partial charge in [0.2, 0.25) is 5.89 Å². The molecule has 0 spiro atoms. The second-order valence-corrected chi connectivity index (χ2v) is 4.60. The van der Waals surface area contributed by atoms with Gasteiger partial charge in [0.25, 0.3) is 0 Å². The molecule has 2 atom stereocenters. The Bertz CT molecular complexity index is 439. The van der Waals surface area contributed by atoms with E-state index in [1.54, 1.807) is 18.3 Å². The van der Waals surface area contributed by atoms with Crippen LogP contribution in [0.4, 0.5) is 0 Å². The fraction of sp³-hybridized carbons (Fsp3) is 0.400. The molecule has 6 heteroatoms. The van der Waals surface area contributed by atoms with Crippen molar-refractivity contribution in [3.05, 3.63) is 34.1 Å². The maximum atomic E-state index is 9.29. The number of aliphatic hydroxyl groups excluding tert-OH is 1. The Morgan fingerprint density at radius 3 is 3.06 bits per heavy atom. The van der Waals surface area contributed by atoms with Gasteiger partial charge in [-0.15, -0.1) is 11.3 Å². The van der Waals surface area contributed by atoms with Crippen LogP contribution in [0.25, 0.3) is 0 Å². The highest BCUT2D eigenvalue weighted by Crippen LogP contribution is 2.15. The highest BCUT2D eigenvalue weighted by molar-refractivity contribution is 7.09. The monoisotopic (exact) mass is 239 g/mol. The molecule has 0 saturated carbocycles. The van der Waals surface area contributed by atoms with Gasteiger partial charge in [-0.2, -0.15) is 4.98 Å². The van der Waals surface area contributed by atoms with Gasteiger partial charge in [-0.3, -0.25) is 0 Å². The highest BCUT2D eigenvalue weighted by Gasteiger charge is 2.19. The lowest BCUT2D eigenvalue weighted by Crippen LogP contribution is -2.23. The van der Waals surface area contributed by atoms with E-state index in [9.17, 15) is 5.11 Å². The third-order valence-electron chi connectivity index (χ3n) is 2.20. The van der Waals surface area contributed by atoms with E-state index in [1.807, 2.05) is 17.5 Å². The predicted octanol–water partition coefficient (Wildman–Crippen LogP) is 1.10. The Hall–Kier alpha value is -1.24. The molecular formula is C10H13N3O2S. The fourth-order valence-corrected chi connectivity index (χ4v) is 1.95. The van der Waals surface area contributed by atoms with Gasteiger partial charge < -0.3 is 15.4 Å². The first-order valence-electron chi connectivity index (χ1n) is 4.95. The van der Waals surface area contributed by atoms with Crippen molar-refractivity contribution in [2.24, 2.45) is 5.73 Å². The summed E-state index contributed by atoms with van der Waals surface area (Å²) >= 11 is 1.64. The summed E-state index contributed by atoms with van der Waals surface area (Å²) in [5.41, 5.74) is 5.68. The summed E-state index contributed by atoms with van der Waals surface area (Å²) < 4.78 is 5.00. The molecule has 2 heterocycles. The Morgan fingerprint density at radius 1 is 1.62 bits per heavy atom. The predicted molar refractivity (Wildman–Crippen MR) is 60.0 cm³/mol. The molecular weight excluding hydrogens is 226 g/mol. The topological polar surface area (TPSA) is 85.2 Å². The van der Waals surface area contributed by atoms with Crippen LogP contribution in [0.2, 0.25) is 0 Å². The molecule has 2 aromatic rings. The van der Waals surface area contributed by atoms with Gasteiger partial charge in [0.1, 0.15) is 6.04 Å². The zero-order valence-electron chi connectivity index (χ0n) is 8.83. The van der Waals surface area contributed by atoms with Crippen molar-refractivity contribution in [3.63, 3.8) is 0 Å². The Morgan fingerprint density at radius 2 is 2.44 bits per heavy atom. The van der Waals surface area contributed by atoms with Gasteiger partial charge in [0.15, 0.2) is 5.82 Å². The van der Waals surface area contributed by atoms with E-state index >= 15 is 0 Å². The quantitative estimate of drug-likeness (QED) is 0.834. The lowest BCUT2D eigenvalue weighted by molar-refractivity contribution is 0.146. The van der Waals surface area contributed by atoms with Crippen molar-refractivity contribution in [1.82, 2.24) is 10.1 Å². The van der Waals surface area contributed by atoms with Gasteiger partial charge in [0, 0.05) is 11.3 Å². The van der Waals surface area contributed by atoms with E-state index in [1.165, 1.54) is 0 Å². The Labute approximate surface area is 96.9 Å². The molecule has 0 aliphatic rings. The Balaban J connectivity index is 2.08. The zero-order chi connectivity index (χ0) is 11.5. The number of nitrogens with zero attached hydrogens (tertiary/aromatic N) is 2. The average molecular weight is 239 g/mol. The summed E-state index contributed by atoms with van der Waals surface area (Å²) in [7, 11) is 0. The van der Waals surface area contributed by atoms with Crippen LogP contribution in [-0.4, -0.2) is 21.4 Å². The first-order valence-corrected chi connectivity index (χ1v) is 5.83. The zero-order valence-corrected chi connectivity index (χ0v) is 9.65. The second kappa shape index (κ2) is 4.73. The first-order chi connectivity index (χ1) is 7.66. The van der Waals surface area contributed by atoms with Gasteiger partial charge in [-0.25, -0.2) is 0 Å². The van der Waals surface area contributed by atoms with E-state index in [0.29, 0.717) is 12.2 Å². The van der Waals surface area contributed by atoms with Crippen LogP contribution in [0.3, 0.4) is 0 Å². The Kier molecular flexibility index (Phi) is 3.33. The molecule has 0 aliphatic heterocycles. The van der Waals surface area contributed by atoms with E-state index in [4.69, 9.17) is 10.3 Å². The molecule has 2 aromatic heterocycles. The van der Waals surface area contributed by atoms with Crippen molar-refractivity contribution in [2.75, 3.05) is 0 Å². The van der Waals surface area contributed by atoms with Crippen molar-refractivity contribution in [3.8, 4) is 0 Å². The molecule has 3 N–H and O–H groups in total. The normalized spacial score (nSPS) is 14.9. The van der Waals surface area contributed by atoms with Gasteiger partial charge in [-0.05, 0) is 18.4 Å². The molecule has 86 valence electrons. The molecule has 0 fully saturated rings. The minimum atomic E-state index is -0.699. The summed E-state index contributed by atoms with van der Waals surface area (Å²) in [4.78, 5) is 5.31. The van der Waals surface area contributed by atoms with Gasteiger partial charge in [-0.1, -0.05) is 11.2 Å². The molecule has 2 rings (SSSR count). The van der Waals surface area contributed by atoms with Crippen LogP contribution >= 0.6 is 11.3 Å². The minimum Gasteiger partial charge on any atom is -0.391 e. The lowest BCUT2D eigenvalue weighted by Gasteiger charge is -2.08. The standard InChI is InChI=1S/C10H13N3O2S/c1-6(14)9(11)10-12-8(13-15-10)5-7-3-2-4-16-7/h2-4,6,9,14H,5,11H2,1H3/t6-,9+/m1/s1. The molecule has 0 radical (unpaired) electrons. The fourth-order valence-electron chi connectivity index (χ4n) is 1.25. The molecule has 0 bridgehead atoms. The molecule has 16 heavy (non-hydrogen) atoms. The highest BCUT2D eigenvalue weighted by atomic mass is 32.1. The van der Waals surface area contributed by atoms with Gasteiger partial charge >= 0.3 is 0 Å². The van der Waals surface area contributed by atoms with Crippen molar-refractivity contribution in [2.45, 2.75) is 25.5 Å². The van der Waals surface area contributed by atoms with Crippen molar-refractivity contribution >= 4 is 11.3 Å². The lowest BCUT2D eigenvalue weighted by atomic mass is 10.2. The molecule has 0 aliphatic carbocycles. The molecule has 0 aromatic carbocycles. The van der Waals surface area contributed by atoms with E-state index in [0.717, 1.165) is 4.88 Å². The number of nitrogens with two attached hydrogens (primary N) is 1. The van der Waals surface area contributed by atoms with Crippen LogP contribution < -0.4 is 5.73 Å². The second-order valence-electron chi connectivity index (χ2n) is 3.57. The number of aromatic nitrogens is 2. The van der Waals surface area contributed by atoms with Crippen LogP contribution in [-0.2, 0) is 6.42 Å². The van der Waals surface area contributed by atoms with Crippen LogP contribution in [0.1, 0.15) is 29.6 Å². The van der Waals surface area contributed by atoms with E-state index in [2.05, 4.69) is 10.1 Å². The van der Waals surface area contributed by atoms with Crippen molar-refractivity contribution in [1.29, 1.82) is 0 Å². The molecule has 0 unspecified atom stereocenters. The number of rotatable bonds is 4. The summed E-state index contributed by atoms with van der Waals surface area (Å²) in [6.45, 7) is 1.59. The molecule has 5 nitrogen and oxygen atoms in total. The van der Waals surface area contributed by atoms with Crippen LogP contribution in [0.15, 0.2) is 22.0 Å². The third kappa shape index (κ3) is 2.46. The van der Waals surface area contributed by atoms with Crippen LogP contribution in [0, 0.1) is 0 Å². The van der Waals surface area contributed by atoms with Crippen LogP contribution in [0.5, 0.6) is 0 Å². The minimum absolute atomic E-state index is 0.279. The number of hydrogen-bond donors (Lipinski definition) is 2. The largest absolute Gasteiger partial charge is 0.391 e. The summed E-state index contributed by atoms with van der Waals surface area (Å²) in [6.07, 6.45) is -0.0664. The average Bonchev–Trinajstić information content (AvgIpc) is 2.88. The number of aliphatic hydroxyl groups is 1. The third-order valence-corrected chi connectivity index (χ3v) is 3.08. The summed E-state index contributed by atoms with van der Waals surface area (Å²) in [5, 5.41) is 15.1. The maximum absolute atomic E-state index is 9.29. The molecule has 0 saturated heterocycles. The summed E-state index contributed by atoms with van der Waals surface area (Å²) in [6, 6.07) is 3.36. The van der Waals surface area contributed by atoms with Gasteiger partial charge in [0.05, 0.1) is 6.10 Å². The maximum Gasteiger partial charge on any atom is 0.246 e. The smallest absolute Gasteiger partial charge is 0.246 e.